The SMILES string of the molecule is CCC(Sc1nc(-c2ccc(Cl)cc2)ccc1C#N)C(=O)Nc1ccc(S(=O)(=O)Nc2ncccn2)cc1. The molecule has 2 aromatic carbocycles. The van der Waals surface area contributed by atoms with Crippen molar-refractivity contribution in [1.29, 1.82) is 5.26 Å². The molecule has 0 bridgehead atoms. The highest BCUT2D eigenvalue weighted by molar-refractivity contribution is 8.00. The standard InChI is InChI=1S/C26H21ClN6O3S2/c1-2-23(37-25-18(16-28)6-13-22(32-25)17-4-7-19(27)8-5-17)24(34)31-20-9-11-21(12-10-20)38(35,36)33-26-29-14-3-15-30-26/h3-15,23H,2H2,1H3,(H,31,34)(H,29,30,33). The summed E-state index contributed by atoms with van der Waals surface area (Å²) in [6, 6.07) is 20.1. The number of hydrogen-bond donors (Lipinski definition) is 2. The van der Waals surface area contributed by atoms with Crippen molar-refractivity contribution >= 4 is 50.9 Å². The van der Waals surface area contributed by atoms with Crippen LogP contribution in [-0.4, -0.2) is 34.5 Å². The summed E-state index contributed by atoms with van der Waals surface area (Å²) in [4.78, 5) is 25.4. The van der Waals surface area contributed by atoms with Gasteiger partial charge in [0.1, 0.15) is 11.1 Å². The van der Waals surface area contributed by atoms with Crippen LogP contribution in [0.3, 0.4) is 0 Å². The highest BCUT2D eigenvalue weighted by Gasteiger charge is 2.22. The van der Waals surface area contributed by atoms with Crippen LogP contribution in [0.4, 0.5) is 11.6 Å². The number of nitrogens with zero attached hydrogens (tertiary/aromatic N) is 4. The molecule has 2 N–H and O–H groups in total. The van der Waals surface area contributed by atoms with E-state index in [-0.39, 0.29) is 16.8 Å². The van der Waals surface area contributed by atoms with Gasteiger partial charge in [0.2, 0.25) is 11.9 Å². The number of sulfonamides is 1. The Balaban J connectivity index is 1.47. The first-order valence-corrected chi connectivity index (χ1v) is 14.1. The number of carbonyl (C=O) groups is 1. The van der Waals surface area contributed by atoms with E-state index in [1.165, 1.54) is 48.4 Å². The van der Waals surface area contributed by atoms with E-state index < -0.39 is 15.3 Å². The molecule has 192 valence electrons. The molecule has 1 amide bonds. The number of thioether (sulfide) groups is 1. The molecule has 0 radical (unpaired) electrons. The molecule has 9 nitrogen and oxygen atoms in total. The number of rotatable bonds is 9. The lowest BCUT2D eigenvalue weighted by Crippen LogP contribution is -2.25. The van der Waals surface area contributed by atoms with E-state index in [0.29, 0.717) is 33.4 Å². The first-order valence-electron chi connectivity index (χ1n) is 11.3. The summed E-state index contributed by atoms with van der Waals surface area (Å²) in [5.74, 6) is -0.343. The molecule has 38 heavy (non-hydrogen) atoms. The largest absolute Gasteiger partial charge is 0.325 e. The number of nitriles is 1. The molecule has 0 saturated heterocycles. The van der Waals surface area contributed by atoms with Gasteiger partial charge in [-0.2, -0.15) is 5.26 Å². The fraction of sp³-hybridized carbons (Fsp3) is 0.115. The molecule has 0 spiro atoms. The summed E-state index contributed by atoms with van der Waals surface area (Å²) in [7, 11) is -3.90. The van der Waals surface area contributed by atoms with Gasteiger partial charge < -0.3 is 5.32 Å². The average Bonchev–Trinajstić information content (AvgIpc) is 2.92. The monoisotopic (exact) mass is 564 g/mol. The molecule has 2 aromatic heterocycles. The predicted molar refractivity (Wildman–Crippen MR) is 147 cm³/mol. The molecule has 1 unspecified atom stereocenters. The van der Waals surface area contributed by atoms with Crippen molar-refractivity contribution in [3.63, 3.8) is 0 Å². The summed E-state index contributed by atoms with van der Waals surface area (Å²) in [6.45, 7) is 1.86. The van der Waals surface area contributed by atoms with Crippen LogP contribution in [-0.2, 0) is 14.8 Å². The number of halogens is 1. The number of amides is 1. The smallest absolute Gasteiger partial charge is 0.264 e. The van der Waals surface area contributed by atoms with Gasteiger partial charge in [-0.1, -0.05) is 42.4 Å². The van der Waals surface area contributed by atoms with Gasteiger partial charge in [0.25, 0.3) is 10.0 Å². The zero-order valence-corrected chi connectivity index (χ0v) is 22.4. The lowest BCUT2D eigenvalue weighted by Gasteiger charge is -2.16. The van der Waals surface area contributed by atoms with Crippen LogP contribution in [0.25, 0.3) is 11.3 Å². The minimum Gasteiger partial charge on any atom is -0.325 e. The second kappa shape index (κ2) is 12.0. The van der Waals surface area contributed by atoms with E-state index in [1.807, 2.05) is 19.1 Å². The first kappa shape index (κ1) is 27.1. The number of nitrogens with one attached hydrogen (secondary N) is 2. The van der Waals surface area contributed by atoms with E-state index >= 15 is 0 Å². The molecule has 0 saturated carbocycles. The van der Waals surface area contributed by atoms with Crippen molar-refractivity contribution in [2.45, 2.75) is 28.5 Å². The van der Waals surface area contributed by atoms with Gasteiger partial charge in [-0.05, 0) is 61.0 Å². The Hall–Kier alpha value is -3.98. The van der Waals surface area contributed by atoms with Crippen molar-refractivity contribution in [2.75, 3.05) is 10.0 Å². The maximum absolute atomic E-state index is 13.1. The van der Waals surface area contributed by atoms with Crippen LogP contribution >= 0.6 is 23.4 Å². The minimum atomic E-state index is -3.90. The topological polar surface area (TPSA) is 138 Å². The summed E-state index contributed by atoms with van der Waals surface area (Å²) in [5.41, 5.74) is 2.28. The Kier molecular flexibility index (Phi) is 8.58. The van der Waals surface area contributed by atoms with Crippen LogP contribution in [0.2, 0.25) is 5.02 Å². The van der Waals surface area contributed by atoms with Gasteiger partial charge in [0.05, 0.1) is 21.4 Å². The van der Waals surface area contributed by atoms with Gasteiger partial charge in [-0.25, -0.2) is 28.1 Å². The summed E-state index contributed by atoms with van der Waals surface area (Å²) >= 11 is 7.18. The molecule has 0 fully saturated rings. The van der Waals surface area contributed by atoms with Gasteiger partial charge in [0.15, 0.2) is 0 Å². The summed E-state index contributed by atoms with van der Waals surface area (Å²) in [6.07, 6.45) is 3.32. The Morgan fingerprint density at radius 3 is 2.37 bits per heavy atom. The minimum absolute atomic E-state index is 0.00811. The fourth-order valence-corrected chi connectivity index (χ4v) is 5.40. The predicted octanol–water partition coefficient (Wildman–Crippen LogP) is 5.37. The highest BCUT2D eigenvalue weighted by atomic mass is 35.5. The van der Waals surface area contributed by atoms with E-state index in [1.54, 1.807) is 30.3 Å². The Bertz CT molecular complexity index is 1580. The molecule has 0 aliphatic carbocycles. The summed E-state index contributed by atoms with van der Waals surface area (Å²) in [5, 5.41) is 12.9. The van der Waals surface area contributed by atoms with Crippen molar-refractivity contribution < 1.29 is 13.2 Å². The number of anilines is 2. The summed E-state index contributed by atoms with van der Waals surface area (Å²) < 4.78 is 27.5. The number of aromatic nitrogens is 3. The third kappa shape index (κ3) is 6.66. The number of carbonyl (C=O) groups excluding carboxylic acids is 1. The second-order valence-electron chi connectivity index (χ2n) is 7.87. The first-order chi connectivity index (χ1) is 18.3. The maximum atomic E-state index is 13.1. The van der Waals surface area contributed by atoms with Gasteiger partial charge >= 0.3 is 0 Å². The fourth-order valence-electron chi connectivity index (χ4n) is 3.32. The van der Waals surface area contributed by atoms with Crippen molar-refractivity contribution in [3.8, 4) is 17.3 Å². The molecule has 1 atom stereocenters. The molecule has 4 aromatic rings. The van der Waals surface area contributed by atoms with E-state index in [9.17, 15) is 18.5 Å². The van der Waals surface area contributed by atoms with E-state index in [2.05, 4.69) is 31.1 Å². The molecule has 2 heterocycles. The Labute approximate surface area is 229 Å². The lowest BCUT2D eigenvalue weighted by molar-refractivity contribution is -0.115. The van der Waals surface area contributed by atoms with E-state index in [0.717, 1.165) is 5.56 Å². The molecule has 4 rings (SSSR count). The molecule has 0 aliphatic rings. The van der Waals surface area contributed by atoms with Crippen molar-refractivity contribution in [1.82, 2.24) is 15.0 Å². The zero-order chi connectivity index (χ0) is 27.1. The zero-order valence-electron chi connectivity index (χ0n) is 20.0. The number of pyridine rings is 1. The molecule has 12 heteroatoms. The van der Waals surface area contributed by atoms with Crippen LogP contribution in [0, 0.1) is 11.3 Å². The third-order valence-electron chi connectivity index (χ3n) is 5.26. The number of hydrogen-bond acceptors (Lipinski definition) is 8. The van der Waals surface area contributed by atoms with Crippen LogP contribution in [0.1, 0.15) is 18.9 Å². The molecular formula is C26H21ClN6O3S2. The van der Waals surface area contributed by atoms with Gasteiger partial charge in [-0.15, -0.1) is 0 Å². The highest BCUT2D eigenvalue weighted by Crippen LogP contribution is 2.31. The molecule has 0 aliphatic heterocycles. The quantitative estimate of drug-likeness (QED) is 0.259. The Morgan fingerprint density at radius 2 is 1.74 bits per heavy atom. The van der Waals surface area contributed by atoms with Crippen molar-refractivity contribution in [3.05, 3.63) is 89.7 Å². The van der Waals surface area contributed by atoms with Gasteiger partial charge in [-0.3, -0.25) is 4.79 Å². The number of benzene rings is 2. The van der Waals surface area contributed by atoms with E-state index in [4.69, 9.17) is 11.6 Å². The second-order valence-corrected chi connectivity index (χ2v) is 11.2. The average molecular weight is 565 g/mol. The lowest BCUT2D eigenvalue weighted by atomic mass is 10.1. The van der Waals surface area contributed by atoms with Crippen LogP contribution in [0.15, 0.2) is 89.0 Å². The maximum Gasteiger partial charge on any atom is 0.264 e. The van der Waals surface area contributed by atoms with Crippen LogP contribution in [0.5, 0.6) is 0 Å². The normalized spacial score (nSPS) is 11.8. The van der Waals surface area contributed by atoms with Gasteiger partial charge in [0, 0.05) is 28.7 Å². The molecular weight excluding hydrogens is 544 g/mol. The third-order valence-corrected chi connectivity index (χ3v) is 8.22. The van der Waals surface area contributed by atoms with Crippen molar-refractivity contribution in [2.24, 2.45) is 0 Å². The Morgan fingerprint density at radius 1 is 1.05 bits per heavy atom. The van der Waals surface area contributed by atoms with Crippen LogP contribution < -0.4 is 10.0 Å².